The summed E-state index contributed by atoms with van der Waals surface area (Å²) in [5.41, 5.74) is -0.0671. The Labute approximate surface area is 145 Å². The van der Waals surface area contributed by atoms with E-state index in [4.69, 9.17) is 27.7 Å². The van der Waals surface area contributed by atoms with E-state index in [0.29, 0.717) is 0 Å². The Morgan fingerprint density at radius 3 is 1.71 bits per heavy atom. The van der Waals surface area contributed by atoms with Gasteiger partial charge in [-0.05, 0) is 12.1 Å². The average molecular weight is 284 g/mol. The molecule has 17 heavy (non-hydrogen) atoms. The Morgan fingerprint density at radius 2 is 1.47 bits per heavy atom. The second-order valence-electron chi connectivity index (χ2n) is 2.27. The van der Waals surface area contributed by atoms with Crippen LogP contribution >= 0.6 is 0 Å². The number of aromatic carboxylic acids is 1. The summed E-state index contributed by atoms with van der Waals surface area (Å²) in [6.07, 6.45) is 0. The van der Waals surface area contributed by atoms with Crippen LogP contribution in [0.5, 0.6) is 5.75 Å². The number of carbonyl (C=O) groups is 1. The number of carboxylic acid groups (broad SMARTS) is 1. The van der Waals surface area contributed by atoms with Gasteiger partial charge in [-0.1, -0.05) is 12.1 Å². The zero-order chi connectivity index (χ0) is 12.1. The fraction of sp³-hybridized carbons (Fsp3) is 0. The molecule has 0 heterocycles. The van der Waals surface area contributed by atoms with Crippen molar-refractivity contribution in [1.29, 1.82) is 0 Å². The predicted octanol–water partition coefficient (Wildman–Crippen LogP) is -5.33. The van der Waals surface area contributed by atoms with Gasteiger partial charge < -0.3 is 13.1 Å². The summed E-state index contributed by atoms with van der Waals surface area (Å²) in [4.78, 5) is 10.3. The fourth-order valence-corrected chi connectivity index (χ4v) is 0.654. The maximum atomic E-state index is 10.3. The Morgan fingerprint density at radius 1 is 1.12 bits per heavy atom. The third-order valence-corrected chi connectivity index (χ3v) is 1.13. The molecule has 4 N–H and O–H groups in total. The first-order valence-corrected chi connectivity index (χ1v) is 4.82. The van der Waals surface area contributed by atoms with Crippen LogP contribution in [0.25, 0.3) is 0 Å². The molecule has 0 aliphatic carbocycles. The third-order valence-electron chi connectivity index (χ3n) is 1.13. The Bertz CT molecular complexity index is 447. The molecule has 0 saturated heterocycles. The summed E-state index contributed by atoms with van der Waals surface area (Å²) in [7, 11) is -4.67. The predicted molar refractivity (Wildman–Crippen MR) is 51.5 cm³/mol. The van der Waals surface area contributed by atoms with Gasteiger partial charge in [0.05, 0.1) is 0 Å². The molecule has 0 radical (unpaired) electrons. The maximum Gasteiger partial charge on any atom is 1.00 e. The molecule has 0 unspecified atom stereocenters. The quantitative estimate of drug-likeness (QED) is 0.299. The van der Waals surface area contributed by atoms with E-state index in [-0.39, 0.29) is 73.3 Å². The molecular formula is C7H10Na2O7S. The van der Waals surface area contributed by atoms with Gasteiger partial charge in [0.15, 0.2) is 0 Å². The standard InChI is InChI=1S/C7H6O3.2Na.H2O4S.2H/c8-6-4-2-1-3-5(6)7(9)10;;;1-5(2,3)4;;/h1-4,8H,(H,9,10);;;(H2,1,2,3,4);;/q;2*+1;;2*-1. The van der Waals surface area contributed by atoms with Crippen molar-refractivity contribution >= 4 is 16.4 Å². The topological polar surface area (TPSA) is 132 Å². The van der Waals surface area contributed by atoms with Crippen molar-refractivity contribution in [3.8, 4) is 5.75 Å². The normalized spacial score (nSPS) is 8.82. The van der Waals surface area contributed by atoms with Crippen molar-refractivity contribution in [3.05, 3.63) is 29.8 Å². The van der Waals surface area contributed by atoms with Crippen molar-refractivity contribution in [2.75, 3.05) is 0 Å². The van der Waals surface area contributed by atoms with Crippen LogP contribution < -0.4 is 59.1 Å². The van der Waals surface area contributed by atoms with E-state index in [9.17, 15) is 4.79 Å². The zero-order valence-corrected chi connectivity index (χ0v) is 14.0. The molecule has 0 aliphatic heterocycles. The van der Waals surface area contributed by atoms with Gasteiger partial charge >= 0.3 is 75.5 Å². The molecule has 0 spiro atoms. The van der Waals surface area contributed by atoms with Gasteiger partial charge in [0, 0.05) is 0 Å². The second kappa shape index (κ2) is 10.3. The number of hydrogen-bond acceptors (Lipinski definition) is 4. The van der Waals surface area contributed by atoms with Crippen LogP contribution in [-0.2, 0) is 10.4 Å². The molecule has 0 saturated carbocycles. The van der Waals surface area contributed by atoms with Gasteiger partial charge in [-0.3, -0.25) is 9.11 Å². The molecule has 7 nitrogen and oxygen atoms in total. The first kappa shape index (κ1) is 22.5. The van der Waals surface area contributed by atoms with Crippen molar-refractivity contribution in [2.24, 2.45) is 0 Å². The molecule has 0 amide bonds. The van der Waals surface area contributed by atoms with Gasteiger partial charge in [-0.15, -0.1) is 0 Å². The summed E-state index contributed by atoms with van der Waals surface area (Å²) >= 11 is 0. The number of benzene rings is 1. The summed E-state index contributed by atoms with van der Waals surface area (Å²) in [5.74, 6) is -1.31. The largest absolute Gasteiger partial charge is 1.00 e. The number of rotatable bonds is 1. The van der Waals surface area contributed by atoms with Crippen molar-refractivity contribution in [1.82, 2.24) is 0 Å². The average Bonchev–Trinajstić information content (AvgIpc) is 2.01. The fourth-order valence-electron chi connectivity index (χ4n) is 0.654. The van der Waals surface area contributed by atoms with Crippen LogP contribution in [0.4, 0.5) is 0 Å². The smallest absolute Gasteiger partial charge is 1.00 e. The van der Waals surface area contributed by atoms with E-state index in [1.54, 1.807) is 12.1 Å². The first-order valence-electron chi connectivity index (χ1n) is 3.43. The molecule has 1 rings (SSSR count). The summed E-state index contributed by atoms with van der Waals surface area (Å²) < 4.78 is 31.6. The molecular weight excluding hydrogens is 274 g/mol. The van der Waals surface area contributed by atoms with E-state index in [1.165, 1.54) is 12.1 Å². The molecule has 0 atom stereocenters. The van der Waals surface area contributed by atoms with E-state index >= 15 is 0 Å². The number of hydrogen-bond donors (Lipinski definition) is 4. The molecule has 0 aliphatic rings. The number of carboxylic acids is 1. The van der Waals surface area contributed by atoms with Crippen molar-refractivity contribution < 1.29 is 94.5 Å². The molecule has 0 bridgehead atoms. The van der Waals surface area contributed by atoms with Crippen LogP contribution in [0.15, 0.2) is 24.3 Å². The van der Waals surface area contributed by atoms with Gasteiger partial charge in [0.2, 0.25) is 0 Å². The van der Waals surface area contributed by atoms with Crippen LogP contribution in [0.2, 0.25) is 0 Å². The molecule has 88 valence electrons. The molecule has 10 heteroatoms. The number of aromatic hydroxyl groups is 1. The van der Waals surface area contributed by atoms with Gasteiger partial charge in [0.25, 0.3) is 0 Å². The maximum absolute atomic E-state index is 10.3. The van der Waals surface area contributed by atoms with Gasteiger partial charge in [-0.2, -0.15) is 8.42 Å². The zero-order valence-electron chi connectivity index (χ0n) is 11.2. The van der Waals surface area contributed by atoms with E-state index < -0.39 is 16.4 Å². The van der Waals surface area contributed by atoms with Crippen LogP contribution in [0, 0.1) is 0 Å². The SMILES string of the molecule is O=C(O)c1ccccc1O.O=S(=O)(O)O.[H-].[H-].[Na+].[Na+]. The first-order chi connectivity index (χ1) is 6.72. The second-order valence-corrected chi connectivity index (χ2v) is 3.17. The van der Waals surface area contributed by atoms with E-state index in [2.05, 4.69) is 0 Å². The third kappa shape index (κ3) is 14.3. The Hall–Kier alpha value is 0.360. The Kier molecular flexibility index (Phi) is 13.6. The molecule has 0 aromatic heterocycles. The summed E-state index contributed by atoms with van der Waals surface area (Å²) in [6.45, 7) is 0. The number of phenols is 1. The van der Waals surface area contributed by atoms with Crippen LogP contribution in [0.3, 0.4) is 0 Å². The van der Waals surface area contributed by atoms with Crippen LogP contribution in [0.1, 0.15) is 13.2 Å². The van der Waals surface area contributed by atoms with E-state index in [0.717, 1.165) is 0 Å². The molecule has 1 aromatic rings. The molecule has 1 aromatic carbocycles. The minimum atomic E-state index is -4.67. The number of para-hydroxylation sites is 1. The summed E-state index contributed by atoms with van der Waals surface area (Å²) in [5, 5.41) is 17.3. The van der Waals surface area contributed by atoms with Gasteiger partial charge in [0.1, 0.15) is 11.3 Å². The Balaban J connectivity index is -0.0000000652. The monoisotopic (exact) mass is 284 g/mol. The van der Waals surface area contributed by atoms with E-state index in [1.807, 2.05) is 0 Å². The minimum Gasteiger partial charge on any atom is -1.00 e. The van der Waals surface area contributed by atoms with Crippen LogP contribution in [-0.4, -0.2) is 33.7 Å². The molecule has 0 fully saturated rings. The van der Waals surface area contributed by atoms with Gasteiger partial charge in [-0.25, -0.2) is 4.79 Å². The minimum absolute atomic E-state index is 0. The van der Waals surface area contributed by atoms with Crippen molar-refractivity contribution in [3.63, 3.8) is 0 Å². The summed E-state index contributed by atoms with van der Waals surface area (Å²) in [6, 6.07) is 5.81. The van der Waals surface area contributed by atoms with Crippen molar-refractivity contribution in [2.45, 2.75) is 0 Å².